The van der Waals surface area contributed by atoms with Gasteiger partial charge >= 0.3 is 0 Å². The SMILES string of the molecule is CC(=O)N1CCN(c2ccc(C#N)cc2F)CC1.CC(=O)N1CCN(c2ccc(CN)cc2F)CC1. The number of anilines is 2. The first kappa shape index (κ1) is 26.9. The molecule has 0 aromatic heterocycles. The van der Waals surface area contributed by atoms with E-state index in [1.165, 1.54) is 19.1 Å². The van der Waals surface area contributed by atoms with E-state index in [4.69, 9.17) is 11.0 Å². The molecule has 8 nitrogen and oxygen atoms in total. The van der Waals surface area contributed by atoms with Crippen molar-refractivity contribution in [3.63, 3.8) is 0 Å². The second-order valence-corrected chi connectivity index (χ2v) is 8.75. The minimum absolute atomic E-state index is 0.0509. The summed E-state index contributed by atoms with van der Waals surface area (Å²) in [5, 5.41) is 8.68. The molecule has 2 aromatic carbocycles. The van der Waals surface area contributed by atoms with Gasteiger partial charge in [0.05, 0.1) is 23.0 Å². The van der Waals surface area contributed by atoms with Gasteiger partial charge in [-0.05, 0) is 35.9 Å². The molecule has 2 N–H and O–H groups in total. The molecule has 0 bridgehead atoms. The molecule has 2 fully saturated rings. The Kier molecular flexibility index (Phi) is 9.19. The van der Waals surface area contributed by atoms with Crippen molar-refractivity contribution in [1.82, 2.24) is 9.80 Å². The molecule has 0 saturated carbocycles. The smallest absolute Gasteiger partial charge is 0.219 e. The van der Waals surface area contributed by atoms with Crippen LogP contribution in [0.1, 0.15) is 25.0 Å². The first-order chi connectivity index (χ1) is 17.2. The third kappa shape index (κ3) is 6.70. The summed E-state index contributed by atoms with van der Waals surface area (Å²) in [6.07, 6.45) is 0. The molecule has 2 saturated heterocycles. The third-order valence-electron chi connectivity index (χ3n) is 6.46. The summed E-state index contributed by atoms with van der Waals surface area (Å²) in [5.41, 5.74) is 7.67. The number of hydrogen-bond donors (Lipinski definition) is 1. The molecule has 2 aliphatic rings. The van der Waals surface area contributed by atoms with E-state index in [2.05, 4.69) is 0 Å². The van der Waals surface area contributed by atoms with Crippen molar-refractivity contribution in [2.24, 2.45) is 5.73 Å². The Balaban J connectivity index is 0.000000201. The Bertz CT molecular complexity index is 1120. The number of piperazine rings is 2. The maximum absolute atomic E-state index is 13.9. The Morgan fingerprint density at radius 2 is 1.25 bits per heavy atom. The van der Waals surface area contributed by atoms with Gasteiger partial charge in [-0.2, -0.15) is 5.26 Å². The molecule has 2 aliphatic heterocycles. The van der Waals surface area contributed by atoms with Crippen LogP contribution in [-0.2, 0) is 16.1 Å². The van der Waals surface area contributed by atoms with Crippen LogP contribution in [0.5, 0.6) is 0 Å². The van der Waals surface area contributed by atoms with E-state index in [0.717, 1.165) is 5.56 Å². The van der Waals surface area contributed by atoms with Crippen LogP contribution in [0.4, 0.5) is 20.2 Å². The number of nitrogens with zero attached hydrogens (tertiary/aromatic N) is 5. The molecule has 0 spiro atoms. The van der Waals surface area contributed by atoms with E-state index >= 15 is 0 Å². The number of carbonyl (C=O) groups is 2. The molecule has 2 heterocycles. The molecule has 0 unspecified atom stereocenters. The lowest BCUT2D eigenvalue weighted by atomic mass is 10.1. The van der Waals surface area contributed by atoms with E-state index in [0.29, 0.717) is 75.8 Å². The van der Waals surface area contributed by atoms with Gasteiger partial charge < -0.3 is 25.3 Å². The standard InChI is InChI=1S/C13H18FN3O.C13H14FN3O/c2*1-10(18)16-4-6-17(7-5-16)13-3-2-11(9-15)8-12(13)14/h2-3,8H,4-7,9,15H2,1H3;2-3,8H,4-7H2,1H3. The highest BCUT2D eigenvalue weighted by molar-refractivity contribution is 5.74. The molecule has 10 heteroatoms. The predicted octanol–water partition coefficient (Wildman–Crippen LogP) is 2.32. The lowest BCUT2D eigenvalue weighted by Gasteiger charge is -2.35. The summed E-state index contributed by atoms with van der Waals surface area (Å²) in [6, 6.07) is 11.5. The summed E-state index contributed by atoms with van der Waals surface area (Å²) in [7, 11) is 0. The Hall–Kier alpha value is -3.71. The summed E-state index contributed by atoms with van der Waals surface area (Å²) in [6.45, 7) is 8.51. The second-order valence-electron chi connectivity index (χ2n) is 8.75. The number of nitriles is 1. The molecule has 36 heavy (non-hydrogen) atoms. The molecule has 192 valence electrons. The van der Waals surface area contributed by atoms with E-state index in [1.807, 2.05) is 21.9 Å². The Morgan fingerprint density at radius 3 is 1.61 bits per heavy atom. The van der Waals surface area contributed by atoms with Crippen molar-refractivity contribution in [1.29, 1.82) is 5.26 Å². The van der Waals surface area contributed by atoms with E-state index in [9.17, 15) is 18.4 Å². The molecular weight excluding hydrogens is 466 g/mol. The highest BCUT2D eigenvalue weighted by atomic mass is 19.1. The largest absolute Gasteiger partial charge is 0.366 e. The van der Waals surface area contributed by atoms with Crippen LogP contribution in [0.15, 0.2) is 36.4 Å². The zero-order valence-electron chi connectivity index (χ0n) is 20.7. The molecule has 0 atom stereocenters. The topological polar surface area (TPSA) is 96.9 Å². The monoisotopic (exact) mass is 498 g/mol. The zero-order chi connectivity index (χ0) is 26.2. The number of nitrogens with two attached hydrogens (primary N) is 1. The lowest BCUT2D eigenvalue weighted by molar-refractivity contribution is -0.129. The Morgan fingerprint density at radius 1 is 0.806 bits per heavy atom. The third-order valence-corrected chi connectivity index (χ3v) is 6.46. The highest BCUT2D eigenvalue weighted by Crippen LogP contribution is 2.23. The molecule has 0 aliphatic carbocycles. The first-order valence-electron chi connectivity index (χ1n) is 11.9. The Labute approximate surface area is 210 Å². The van der Waals surface area contributed by atoms with E-state index in [-0.39, 0.29) is 23.4 Å². The summed E-state index contributed by atoms with van der Waals surface area (Å²) in [5.74, 6) is -0.497. The van der Waals surface area contributed by atoms with Crippen molar-refractivity contribution >= 4 is 23.2 Å². The molecule has 2 aromatic rings. The van der Waals surface area contributed by atoms with Gasteiger partial charge in [0.15, 0.2) is 0 Å². The van der Waals surface area contributed by atoms with Crippen molar-refractivity contribution < 1.29 is 18.4 Å². The summed E-state index contributed by atoms with van der Waals surface area (Å²) in [4.78, 5) is 29.8. The van der Waals surface area contributed by atoms with Crippen LogP contribution < -0.4 is 15.5 Å². The fraction of sp³-hybridized carbons (Fsp3) is 0.423. The van der Waals surface area contributed by atoms with Crippen molar-refractivity contribution in [3.8, 4) is 6.07 Å². The summed E-state index contributed by atoms with van der Waals surface area (Å²) >= 11 is 0. The van der Waals surface area contributed by atoms with Gasteiger partial charge in [0, 0.05) is 72.8 Å². The maximum Gasteiger partial charge on any atom is 0.219 e. The van der Waals surface area contributed by atoms with Crippen molar-refractivity contribution in [2.75, 3.05) is 62.2 Å². The van der Waals surface area contributed by atoms with E-state index < -0.39 is 0 Å². The van der Waals surface area contributed by atoms with Gasteiger partial charge in [0.2, 0.25) is 11.8 Å². The number of benzene rings is 2. The normalized spacial score (nSPS) is 15.7. The number of rotatable bonds is 3. The van der Waals surface area contributed by atoms with Crippen LogP contribution >= 0.6 is 0 Å². The van der Waals surface area contributed by atoms with Crippen LogP contribution in [0.2, 0.25) is 0 Å². The number of amides is 2. The van der Waals surface area contributed by atoms with E-state index in [1.54, 1.807) is 34.9 Å². The predicted molar refractivity (Wildman–Crippen MR) is 134 cm³/mol. The number of hydrogen-bond acceptors (Lipinski definition) is 6. The zero-order valence-corrected chi connectivity index (χ0v) is 20.7. The molecule has 2 amide bonds. The van der Waals surface area contributed by atoms with Gasteiger partial charge in [0.25, 0.3) is 0 Å². The first-order valence-corrected chi connectivity index (χ1v) is 11.9. The quantitative estimate of drug-likeness (QED) is 0.698. The second kappa shape index (κ2) is 12.3. The minimum Gasteiger partial charge on any atom is -0.366 e. The van der Waals surface area contributed by atoms with Crippen molar-refractivity contribution in [3.05, 3.63) is 59.2 Å². The van der Waals surface area contributed by atoms with Gasteiger partial charge in [-0.1, -0.05) is 6.07 Å². The van der Waals surface area contributed by atoms with Gasteiger partial charge in [-0.3, -0.25) is 9.59 Å². The van der Waals surface area contributed by atoms with Gasteiger partial charge in [0.1, 0.15) is 11.6 Å². The van der Waals surface area contributed by atoms with Gasteiger partial charge in [-0.15, -0.1) is 0 Å². The average Bonchev–Trinajstić information content (AvgIpc) is 2.89. The number of carbonyl (C=O) groups excluding carboxylic acids is 2. The molecule has 4 rings (SSSR count). The van der Waals surface area contributed by atoms with Crippen LogP contribution in [-0.4, -0.2) is 74.0 Å². The van der Waals surface area contributed by atoms with Crippen LogP contribution in [0.25, 0.3) is 0 Å². The van der Waals surface area contributed by atoms with Gasteiger partial charge in [-0.25, -0.2) is 8.78 Å². The van der Waals surface area contributed by atoms with Crippen LogP contribution in [0.3, 0.4) is 0 Å². The highest BCUT2D eigenvalue weighted by Gasteiger charge is 2.22. The fourth-order valence-corrected chi connectivity index (χ4v) is 4.29. The minimum atomic E-state index is -0.384. The molecule has 0 radical (unpaired) electrons. The fourth-order valence-electron chi connectivity index (χ4n) is 4.29. The molecular formula is C26H32F2N6O2. The summed E-state index contributed by atoms with van der Waals surface area (Å²) < 4.78 is 27.7. The average molecular weight is 499 g/mol. The van der Waals surface area contributed by atoms with Crippen molar-refractivity contribution in [2.45, 2.75) is 20.4 Å². The van der Waals surface area contributed by atoms with Crippen LogP contribution in [0, 0.1) is 23.0 Å². The lowest BCUT2D eigenvalue weighted by Crippen LogP contribution is -2.48. The number of halogens is 2. The maximum atomic E-state index is 13.9.